The Balaban J connectivity index is 1.07. The third-order valence-corrected chi connectivity index (χ3v) is 9.40. The minimum Gasteiger partial charge on any atom is -0.273 e. The van der Waals surface area contributed by atoms with Crippen molar-refractivity contribution in [2.75, 3.05) is 37.7 Å². The van der Waals surface area contributed by atoms with E-state index in [9.17, 15) is 36.0 Å². The normalized spacial score (nSPS) is 15.2. The van der Waals surface area contributed by atoms with Gasteiger partial charge in [-0.15, -0.1) is 0 Å². The molecule has 0 unspecified atom stereocenters. The first-order valence-corrected chi connectivity index (χ1v) is 16.2. The average Bonchev–Trinajstić information content (AvgIpc) is 3.32. The summed E-state index contributed by atoms with van der Waals surface area (Å²) in [6, 6.07) is 12.7. The van der Waals surface area contributed by atoms with Crippen LogP contribution in [-0.4, -0.2) is 87.9 Å². The maximum atomic E-state index is 12.4. The predicted octanol–water partition coefficient (Wildman–Crippen LogP) is 0.978. The Bertz CT molecular complexity index is 1350. The Hall–Kier alpha value is -3.46. The van der Waals surface area contributed by atoms with Gasteiger partial charge in [0.25, 0.3) is 23.6 Å². The van der Waals surface area contributed by atoms with Crippen LogP contribution >= 0.6 is 0 Å². The summed E-state index contributed by atoms with van der Waals surface area (Å²) in [5.74, 6) is -2.82. The topological polar surface area (TPSA) is 167 Å². The van der Waals surface area contributed by atoms with E-state index in [0.717, 1.165) is 9.80 Å². The lowest BCUT2D eigenvalue weighted by Gasteiger charge is -2.14. The molecule has 0 saturated carbocycles. The first-order valence-electron chi connectivity index (χ1n) is 12.9. The van der Waals surface area contributed by atoms with Crippen molar-refractivity contribution in [3.05, 3.63) is 70.8 Å². The van der Waals surface area contributed by atoms with Crippen LogP contribution in [-0.2, 0) is 20.0 Å². The van der Waals surface area contributed by atoms with E-state index in [1.54, 1.807) is 24.3 Å². The maximum Gasteiger partial charge on any atom is 0.261 e. The second kappa shape index (κ2) is 12.4. The molecule has 0 atom stereocenters. The van der Waals surface area contributed by atoms with Gasteiger partial charge in [-0.25, -0.2) is 26.3 Å². The van der Waals surface area contributed by atoms with Gasteiger partial charge in [-0.3, -0.25) is 29.0 Å². The summed E-state index contributed by atoms with van der Waals surface area (Å²) in [4.78, 5) is 51.3. The van der Waals surface area contributed by atoms with Gasteiger partial charge >= 0.3 is 0 Å². The molecular formula is C26H30N4O8S2. The van der Waals surface area contributed by atoms with Crippen molar-refractivity contribution >= 4 is 43.7 Å². The first kappa shape index (κ1) is 29.5. The van der Waals surface area contributed by atoms with Crippen LogP contribution in [0.4, 0.5) is 0 Å². The van der Waals surface area contributed by atoms with Gasteiger partial charge < -0.3 is 0 Å². The minimum absolute atomic E-state index is 0.177. The van der Waals surface area contributed by atoms with Crippen LogP contribution in [0.25, 0.3) is 0 Å². The number of amides is 4. The van der Waals surface area contributed by atoms with E-state index >= 15 is 0 Å². The molecule has 2 aromatic carbocycles. The van der Waals surface area contributed by atoms with Crippen LogP contribution in [0.15, 0.2) is 48.5 Å². The largest absolute Gasteiger partial charge is 0.273 e. The zero-order valence-corrected chi connectivity index (χ0v) is 23.3. The summed E-state index contributed by atoms with van der Waals surface area (Å²) in [6.45, 7) is -0.128. The number of unbranched alkanes of at least 4 members (excludes halogenated alkanes) is 3. The Kier molecular flexibility index (Phi) is 9.13. The number of rotatable bonds is 15. The minimum atomic E-state index is -3.70. The van der Waals surface area contributed by atoms with E-state index in [1.807, 2.05) is 0 Å². The van der Waals surface area contributed by atoms with Crippen LogP contribution < -0.4 is 9.44 Å². The molecule has 12 nitrogen and oxygen atoms in total. The van der Waals surface area contributed by atoms with Crippen molar-refractivity contribution < 1.29 is 36.0 Å². The van der Waals surface area contributed by atoms with Gasteiger partial charge in [-0.1, -0.05) is 37.1 Å². The molecule has 0 spiro atoms. The molecule has 14 heteroatoms. The van der Waals surface area contributed by atoms with Crippen LogP contribution in [0.3, 0.4) is 0 Å². The zero-order chi connectivity index (χ0) is 28.9. The summed E-state index contributed by atoms with van der Waals surface area (Å²) >= 11 is 0. The molecule has 0 aromatic heterocycles. The highest BCUT2D eigenvalue weighted by Gasteiger charge is 2.36. The van der Waals surface area contributed by atoms with Crippen LogP contribution in [0.1, 0.15) is 67.1 Å². The monoisotopic (exact) mass is 590 g/mol. The fraction of sp³-hybridized carbons (Fsp3) is 0.385. The Labute approximate surface area is 232 Å². The Morgan fingerprint density at radius 3 is 1.10 bits per heavy atom. The smallest absolute Gasteiger partial charge is 0.261 e. The van der Waals surface area contributed by atoms with Gasteiger partial charge in [0.15, 0.2) is 0 Å². The standard InChI is InChI=1S/C26H30N4O8S2/c31-23-19-9-3-4-10-20(19)24(32)29(23)15-17-39(35,36)27-13-7-1-2-8-14-28-40(37,38)18-16-30-25(33)21-11-5-6-12-22(21)26(30)34/h3-6,9-12,27-28H,1-2,7-8,13-18H2. The predicted molar refractivity (Wildman–Crippen MR) is 146 cm³/mol. The molecule has 40 heavy (non-hydrogen) atoms. The van der Waals surface area contributed by atoms with E-state index in [-0.39, 0.29) is 48.4 Å². The SMILES string of the molecule is O=C1c2ccccc2C(=O)N1CCS(=O)(=O)NCCCCCCNS(=O)(=O)CCN1C(=O)c2ccccc2C1=O. The first-order chi connectivity index (χ1) is 19.0. The van der Waals surface area contributed by atoms with E-state index in [1.165, 1.54) is 24.3 Å². The Morgan fingerprint density at radius 2 is 0.800 bits per heavy atom. The molecule has 4 rings (SSSR count). The highest BCUT2D eigenvalue weighted by Crippen LogP contribution is 2.23. The Morgan fingerprint density at radius 1 is 0.500 bits per heavy atom. The molecule has 4 amide bonds. The quantitative estimate of drug-likeness (QED) is 0.229. The molecule has 2 aromatic rings. The lowest BCUT2D eigenvalue weighted by molar-refractivity contribution is 0.0648. The summed E-state index contributed by atoms with van der Waals surface area (Å²) in [5.41, 5.74) is 1.07. The molecule has 214 valence electrons. The molecule has 2 heterocycles. The highest BCUT2D eigenvalue weighted by atomic mass is 32.2. The zero-order valence-electron chi connectivity index (χ0n) is 21.7. The van der Waals surface area contributed by atoms with Crippen LogP contribution in [0.2, 0.25) is 0 Å². The van der Waals surface area contributed by atoms with Crippen molar-refractivity contribution in [3.63, 3.8) is 0 Å². The number of nitrogens with one attached hydrogen (secondary N) is 2. The number of sulfonamides is 2. The fourth-order valence-electron chi connectivity index (χ4n) is 4.51. The number of benzene rings is 2. The van der Waals surface area contributed by atoms with Gasteiger partial charge in [-0.2, -0.15) is 0 Å². The fourth-order valence-corrected chi connectivity index (χ4v) is 6.56. The van der Waals surface area contributed by atoms with E-state index < -0.39 is 55.2 Å². The number of carbonyl (C=O) groups excluding carboxylic acids is 4. The summed E-state index contributed by atoms with van der Waals surface area (Å²) in [7, 11) is -7.40. The molecule has 0 radical (unpaired) electrons. The number of hydrogen-bond acceptors (Lipinski definition) is 8. The van der Waals surface area contributed by atoms with Gasteiger partial charge in [0.05, 0.1) is 33.8 Å². The third kappa shape index (κ3) is 6.81. The van der Waals surface area contributed by atoms with Gasteiger partial charge in [0, 0.05) is 26.2 Å². The van der Waals surface area contributed by atoms with Crippen LogP contribution in [0, 0.1) is 0 Å². The summed E-state index contributed by atoms with van der Waals surface area (Å²) < 4.78 is 54.1. The van der Waals surface area contributed by atoms with E-state index in [2.05, 4.69) is 9.44 Å². The van der Waals surface area contributed by atoms with Crippen molar-refractivity contribution in [1.29, 1.82) is 0 Å². The molecular weight excluding hydrogens is 560 g/mol. The maximum absolute atomic E-state index is 12.4. The molecule has 2 N–H and O–H groups in total. The number of carbonyl (C=O) groups is 4. The third-order valence-electron chi connectivity index (χ3n) is 6.67. The second-order valence-electron chi connectivity index (χ2n) is 9.46. The van der Waals surface area contributed by atoms with Gasteiger partial charge in [0.1, 0.15) is 0 Å². The highest BCUT2D eigenvalue weighted by molar-refractivity contribution is 7.89. The average molecular weight is 591 g/mol. The summed E-state index contributed by atoms with van der Waals surface area (Å²) in [6.07, 6.45) is 2.35. The molecule has 0 bridgehead atoms. The van der Waals surface area contributed by atoms with E-state index in [4.69, 9.17) is 0 Å². The molecule has 0 fully saturated rings. The number of imide groups is 2. The molecule has 0 saturated heterocycles. The van der Waals surface area contributed by atoms with Crippen molar-refractivity contribution in [3.8, 4) is 0 Å². The lowest BCUT2D eigenvalue weighted by atomic mass is 10.1. The lowest BCUT2D eigenvalue weighted by Crippen LogP contribution is -2.38. The van der Waals surface area contributed by atoms with Crippen molar-refractivity contribution in [2.45, 2.75) is 25.7 Å². The molecule has 0 aliphatic carbocycles. The van der Waals surface area contributed by atoms with Crippen molar-refractivity contribution in [2.24, 2.45) is 0 Å². The summed E-state index contributed by atoms with van der Waals surface area (Å²) in [5, 5.41) is 0. The number of hydrogen-bond donors (Lipinski definition) is 2. The van der Waals surface area contributed by atoms with Crippen LogP contribution in [0.5, 0.6) is 0 Å². The van der Waals surface area contributed by atoms with Gasteiger partial charge in [-0.05, 0) is 37.1 Å². The van der Waals surface area contributed by atoms with Crippen molar-refractivity contribution in [1.82, 2.24) is 19.2 Å². The number of nitrogens with zero attached hydrogens (tertiary/aromatic N) is 2. The van der Waals surface area contributed by atoms with E-state index in [0.29, 0.717) is 25.7 Å². The molecule has 2 aliphatic heterocycles. The second-order valence-corrected chi connectivity index (χ2v) is 13.3. The van der Waals surface area contributed by atoms with Gasteiger partial charge in [0.2, 0.25) is 20.0 Å². The number of fused-ring (bicyclic) bond motifs is 2. The molecule has 2 aliphatic rings.